The van der Waals surface area contributed by atoms with Crippen LogP contribution in [0.15, 0.2) is 12.1 Å². The summed E-state index contributed by atoms with van der Waals surface area (Å²) in [5.41, 5.74) is 0.715. The normalized spacial score (nSPS) is 22.4. The highest BCUT2D eigenvalue weighted by Gasteiger charge is 2.37. The van der Waals surface area contributed by atoms with Gasteiger partial charge < -0.3 is 5.11 Å². The van der Waals surface area contributed by atoms with Gasteiger partial charge in [-0.3, -0.25) is 9.69 Å². The summed E-state index contributed by atoms with van der Waals surface area (Å²) in [7, 11) is 0. The number of aliphatic carboxylic acids is 1. The van der Waals surface area contributed by atoms with Crippen molar-refractivity contribution in [2.75, 3.05) is 13.1 Å². The number of nitrogens with zero attached hydrogens (tertiary/aromatic N) is 1. The third kappa shape index (κ3) is 8.09. The first-order valence-electron chi connectivity index (χ1n) is 11.8. The predicted molar refractivity (Wildman–Crippen MR) is 122 cm³/mol. The SMILES string of the molecule is CC(C)(C)CCN(CCC(C)(C)C)C1CCC(CC(=O)O)CC1c1cc(F)c(F)c(F)c1. The molecular formula is C26H40F3NO2. The molecule has 3 atom stereocenters. The van der Waals surface area contributed by atoms with Gasteiger partial charge in [0.25, 0.3) is 0 Å². The molecule has 182 valence electrons. The van der Waals surface area contributed by atoms with Crippen molar-refractivity contribution in [3.05, 3.63) is 35.1 Å². The van der Waals surface area contributed by atoms with Crippen LogP contribution in [0, 0.1) is 34.2 Å². The Morgan fingerprint density at radius 3 is 1.91 bits per heavy atom. The van der Waals surface area contributed by atoms with Gasteiger partial charge in [-0.1, -0.05) is 41.5 Å². The Morgan fingerprint density at radius 1 is 0.969 bits per heavy atom. The van der Waals surface area contributed by atoms with E-state index in [1.807, 2.05) is 0 Å². The number of carboxylic acids is 1. The first-order valence-corrected chi connectivity index (χ1v) is 11.8. The lowest BCUT2D eigenvalue weighted by atomic mass is 9.72. The third-order valence-corrected chi connectivity index (χ3v) is 6.59. The van der Waals surface area contributed by atoms with Crippen LogP contribution in [-0.2, 0) is 4.79 Å². The van der Waals surface area contributed by atoms with Crippen molar-refractivity contribution >= 4 is 5.97 Å². The molecule has 1 aliphatic carbocycles. The summed E-state index contributed by atoms with van der Waals surface area (Å²) in [5, 5.41) is 9.29. The molecule has 1 aromatic rings. The molecule has 2 rings (SSSR count). The van der Waals surface area contributed by atoms with Gasteiger partial charge in [0, 0.05) is 12.5 Å². The first-order chi connectivity index (χ1) is 14.7. The van der Waals surface area contributed by atoms with E-state index < -0.39 is 23.4 Å². The molecule has 3 nitrogen and oxygen atoms in total. The number of rotatable bonds is 8. The van der Waals surface area contributed by atoms with Gasteiger partial charge in [-0.25, -0.2) is 13.2 Å². The topological polar surface area (TPSA) is 40.5 Å². The average molecular weight is 456 g/mol. The maximum Gasteiger partial charge on any atom is 0.303 e. The van der Waals surface area contributed by atoms with E-state index in [0.29, 0.717) is 12.0 Å². The fraction of sp³-hybridized carbons (Fsp3) is 0.731. The van der Waals surface area contributed by atoms with E-state index in [1.54, 1.807) is 0 Å². The minimum atomic E-state index is -1.46. The highest BCUT2D eigenvalue weighted by Crippen LogP contribution is 2.42. The van der Waals surface area contributed by atoms with E-state index in [2.05, 4.69) is 46.4 Å². The fourth-order valence-corrected chi connectivity index (χ4v) is 4.66. The number of hydrogen-bond donors (Lipinski definition) is 1. The van der Waals surface area contributed by atoms with E-state index in [4.69, 9.17) is 0 Å². The predicted octanol–water partition coefficient (Wildman–Crippen LogP) is 7.01. The second-order valence-electron chi connectivity index (χ2n) is 11.9. The molecular weight excluding hydrogens is 415 g/mol. The summed E-state index contributed by atoms with van der Waals surface area (Å²) in [6.07, 6.45) is 4.05. The molecule has 0 saturated heterocycles. The van der Waals surface area contributed by atoms with Crippen LogP contribution in [0.3, 0.4) is 0 Å². The Morgan fingerprint density at radius 2 is 1.47 bits per heavy atom. The maximum atomic E-state index is 14.1. The van der Waals surface area contributed by atoms with Crippen LogP contribution < -0.4 is 0 Å². The fourth-order valence-electron chi connectivity index (χ4n) is 4.66. The van der Waals surface area contributed by atoms with Gasteiger partial charge in [-0.05, 0) is 85.6 Å². The third-order valence-electron chi connectivity index (χ3n) is 6.59. The van der Waals surface area contributed by atoms with Crippen LogP contribution in [0.4, 0.5) is 13.2 Å². The highest BCUT2D eigenvalue weighted by atomic mass is 19.2. The van der Waals surface area contributed by atoms with Crippen LogP contribution in [0.2, 0.25) is 0 Å². The first kappa shape index (κ1) is 26.7. The zero-order valence-electron chi connectivity index (χ0n) is 20.5. The number of halogens is 3. The molecule has 1 N–H and O–H groups in total. The molecule has 1 aromatic carbocycles. The second kappa shape index (κ2) is 10.6. The minimum absolute atomic E-state index is 0.0361. The smallest absolute Gasteiger partial charge is 0.303 e. The Kier molecular flexibility index (Phi) is 8.82. The monoisotopic (exact) mass is 455 g/mol. The largest absolute Gasteiger partial charge is 0.481 e. The molecule has 0 amide bonds. The van der Waals surface area contributed by atoms with Crippen LogP contribution in [0.25, 0.3) is 0 Å². The molecule has 0 radical (unpaired) electrons. The Hall–Kier alpha value is -1.56. The van der Waals surface area contributed by atoms with E-state index in [-0.39, 0.29) is 35.1 Å². The molecule has 0 aliphatic heterocycles. The van der Waals surface area contributed by atoms with E-state index in [1.165, 1.54) is 0 Å². The Balaban J connectivity index is 2.39. The molecule has 32 heavy (non-hydrogen) atoms. The zero-order chi connectivity index (χ0) is 24.3. The van der Waals surface area contributed by atoms with Crippen molar-refractivity contribution < 1.29 is 23.1 Å². The molecule has 3 unspecified atom stereocenters. The van der Waals surface area contributed by atoms with Gasteiger partial charge in [0.05, 0.1) is 0 Å². The number of carboxylic acid groups (broad SMARTS) is 1. The van der Waals surface area contributed by atoms with Crippen LogP contribution >= 0.6 is 0 Å². The molecule has 0 bridgehead atoms. The zero-order valence-corrected chi connectivity index (χ0v) is 20.5. The second-order valence-corrected chi connectivity index (χ2v) is 11.9. The van der Waals surface area contributed by atoms with Crippen molar-refractivity contribution in [2.24, 2.45) is 16.7 Å². The standard InChI is InChI=1S/C26H40F3NO2/c1-25(2,3)9-11-30(12-10-26(4,5)6)22-8-7-17(14-23(31)32)13-19(22)18-15-20(27)24(29)21(28)16-18/h15-17,19,22H,7-14H2,1-6H3,(H,31,32). The number of benzene rings is 1. The lowest BCUT2D eigenvalue weighted by molar-refractivity contribution is -0.138. The molecule has 0 heterocycles. The van der Waals surface area contributed by atoms with E-state index in [0.717, 1.165) is 50.9 Å². The van der Waals surface area contributed by atoms with Gasteiger partial charge >= 0.3 is 5.97 Å². The molecule has 1 fully saturated rings. The lowest BCUT2D eigenvalue weighted by Gasteiger charge is -2.44. The van der Waals surface area contributed by atoms with Crippen molar-refractivity contribution in [1.82, 2.24) is 4.90 Å². The summed E-state index contributed by atoms with van der Waals surface area (Å²) in [6, 6.07) is 2.24. The van der Waals surface area contributed by atoms with Gasteiger partial charge in [-0.2, -0.15) is 0 Å². The molecule has 0 aromatic heterocycles. The molecule has 1 saturated carbocycles. The van der Waals surface area contributed by atoms with Crippen LogP contribution in [0.5, 0.6) is 0 Å². The number of carbonyl (C=O) groups is 1. The summed E-state index contributed by atoms with van der Waals surface area (Å²) < 4.78 is 41.9. The molecule has 1 aliphatic rings. The summed E-state index contributed by atoms with van der Waals surface area (Å²) in [6.45, 7) is 14.9. The van der Waals surface area contributed by atoms with Crippen molar-refractivity contribution in [3.63, 3.8) is 0 Å². The quantitative estimate of drug-likeness (QED) is 0.429. The molecule has 0 spiro atoms. The van der Waals surface area contributed by atoms with Gasteiger partial charge in [0.1, 0.15) is 0 Å². The average Bonchev–Trinajstić information content (AvgIpc) is 2.64. The van der Waals surface area contributed by atoms with Crippen molar-refractivity contribution in [3.8, 4) is 0 Å². The number of hydrogen-bond acceptors (Lipinski definition) is 2. The van der Waals surface area contributed by atoms with E-state index in [9.17, 15) is 23.1 Å². The summed E-state index contributed by atoms with van der Waals surface area (Å²) in [5.74, 6) is -4.98. The Labute approximate surface area is 191 Å². The van der Waals surface area contributed by atoms with Gasteiger partial charge in [-0.15, -0.1) is 0 Å². The summed E-state index contributed by atoms with van der Waals surface area (Å²) in [4.78, 5) is 13.8. The van der Waals surface area contributed by atoms with Crippen LogP contribution in [-0.4, -0.2) is 35.1 Å². The lowest BCUT2D eigenvalue weighted by Crippen LogP contribution is -2.45. The summed E-state index contributed by atoms with van der Waals surface area (Å²) >= 11 is 0. The van der Waals surface area contributed by atoms with Crippen molar-refractivity contribution in [1.29, 1.82) is 0 Å². The van der Waals surface area contributed by atoms with Gasteiger partial charge in [0.2, 0.25) is 0 Å². The van der Waals surface area contributed by atoms with E-state index >= 15 is 0 Å². The Bertz CT molecular complexity index is 741. The van der Waals surface area contributed by atoms with Crippen LogP contribution in [0.1, 0.15) is 91.5 Å². The van der Waals surface area contributed by atoms with Gasteiger partial charge in [0.15, 0.2) is 17.5 Å². The molecule has 6 heteroatoms. The minimum Gasteiger partial charge on any atom is -0.481 e. The van der Waals surface area contributed by atoms with Crippen molar-refractivity contribution in [2.45, 2.75) is 92.0 Å². The highest BCUT2D eigenvalue weighted by molar-refractivity contribution is 5.67. The maximum absolute atomic E-state index is 14.1.